The Morgan fingerprint density at radius 1 is 1.53 bits per heavy atom. The maximum absolute atomic E-state index is 11.6. The van der Waals surface area contributed by atoms with Gasteiger partial charge < -0.3 is 9.47 Å². The molecule has 0 N–H and O–H groups in total. The van der Waals surface area contributed by atoms with Crippen molar-refractivity contribution in [1.29, 1.82) is 0 Å². The van der Waals surface area contributed by atoms with Crippen LogP contribution in [-0.2, 0) is 25.0 Å². The molecule has 1 aliphatic rings. The minimum absolute atomic E-state index is 0.000950. The highest BCUT2D eigenvalue weighted by Gasteiger charge is 2.28. The van der Waals surface area contributed by atoms with Gasteiger partial charge in [0, 0.05) is 10.7 Å². The third-order valence-electron chi connectivity index (χ3n) is 2.84. The number of hydrogen-bond donors (Lipinski definition) is 0. The van der Waals surface area contributed by atoms with Gasteiger partial charge in [-0.3, -0.25) is 4.79 Å². The molecule has 0 saturated heterocycles. The van der Waals surface area contributed by atoms with Gasteiger partial charge in [-0.2, -0.15) is 0 Å². The summed E-state index contributed by atoms with van der Waals surface area (Å²) in [7, 11) is 1.51. The van der Waals surface area contributed by atoms with Crippen LogP contribution in [0.2, 0.25) is 0 Å². The van der Waals surface area contributed by atoms with Gasteiger partial charge in [0.2, 0.25) is 0 Å². The van der Waals surface area contributed by atoms with Crippen LogP contribution in [0.3, 0.4) is 0 Å². The number of hydrogen-bond acceptors (Lipinski definition) is 5. The summed E-state index contributed by atoms with van der Waals surface area (Å²) in [4.78, 5) is 11.6. The van der Waals surface area contributed by atoms with E-state index in [0.29, 0.717) is 24.3 Å². The first-order valence-electron chi connectivity index (χ1n) is 5.79. The Morgan fingerprint density at radius 3 is 2.89 bits per heavy atom. The number of esters is 1. The lowest BCUT2D eigenvalue weighted by molar-refractivity contribution is -0.149. The van der Waals surface area contributed by atoms with Crippen LogP contribution in [0.15, 0.2) is 23.1 Å². The van der Waals surface area contributed by atoms with Crippen molar-refractivity contribution in [2.75, 3.05) is 13.2 Å². The zero-order valence-electron chi connectivity index (χ0n) is 10.3. The second-order valence-corrected chi connectivity index (χ2v) is 6.74. The molecule has 0 aliphatic carbocycles. The lowest BCUT2D eigenvalue weighted by atomic mass is 9.97. The fourth-order valence-corrected chi connectivity index (χ4v) is 2.74. The van der Waals surface area contributed by atoms with Crippen LogP contribution < -0.4 is 4.74 Å². The average molecular weight is 305 g/mol. The summed E-state index contributed by atoms with van der Waals surface area (Å²) >= 11 is 0. The van der Waals surface area contributed by atoms with E-state index in [1.165, 1.54) is 12.1 Å². The molecule has 0 saturated carbocycles. The first kappa shape index (κ1) is 14.1. The predicted molar refractivity (Wildman–Crippen MR) is 68.8 cm³/mol. The molecule has 7 heteroatoms. The van der Waals surface area contributed by atoms with Crippen LogP contribution in [-0.4, -0.2) is 27.6 Å². The third kappa shape index (κ3) is 3.19. The van der Waals surface area contributed by atoms with Gasteiger partial charge in [-0.25, -0.2) is 8.42 Å². The summed E-state index contributed by atoms with van der Waals surface area (Å²) in [6, 6.07) is 4.36. The van der Waals surface area contributed by atoms with Gasteiger partial charge in [0.15, 0.2) is 0 Å². The van der Waals surface area contributed by atoms with Crippen LogP contribution in [0, 0.1) is 5.92 Å². The van der Waals surface area contributed by atoms with Gasteiger partial charge in [0.1, 0.15) is 12.4 Å². The van der Waals surface area contributed by atoms with E-state index in [9.17, 15) is 13.2 Å². The van der Waals surface area contributed by atoms with Crippen LogP contribution in [0.4, 0.5) is 0 Å². The quantitative estimate of drug-likeness (QED) is 0.628. The minimum Gasteiger partial charge on any atom is -0.492 e. The van der Waals surface area contributed by atoms with E-state index in [1.54, 1.807) is 13.0 Å². The molecule has 19 heavy (non-hydrogen) atoms. The van der Waals surface area contributed by atoms with Crippen LogP contribution in [0.1, 0.15) is 12.5 Å². The Kier molecular flexibility index (Phi) is 4.01. The van der Waals surface area contributed by atoms with Crippen molar-refractivity contribution < 1.29 is 22.7 Å². The lowest BCUT2D eigenvalue weighted by Crippen LogP contribution is -2.29. The maximum atomic E-state index is 11.6. The highest BCUT2D eigenvalue weighted by Crippen LogP contribution is 2.30. The Bertz CT molecular complexity index is 596. The molecule has 0 bridgehead atoms. The van der Waals surface area contributed by atoms with E-state index in [1.807, 2.05) is 0 Å². The molecule has 0 spiro atoms. The normalized spacial score (nSPS) is 18.3. The monoisotopic (exact) mass is 304 g/mol. The summed E-state index contributed by atoms with van der Waals surface area (Å²) in [5.74, 6) is -0.183. The van der Waals surface area contributed by atoms with Crippen molar-refractivity contribution in [3.63, 3.8) is 0 Å². The topological polar surface area (TPSA) is 69.7 Å². The molecule has 0 radical (unpaired) electrons. The Hall–Kier alpha value is -1.27. The second-order valence-electron chi connectivity index (χ2n) is 4.17. The maximum Gasteiger partial charge on any atom is 0.312 e. The van der Waals surface area contributed by atoms with Crippen molar-refractivity contribution in [2.45, 2.75) is 18.2 Å². The second kappa shape index (κ2) is 5.38. The molecule has 104 valence electrons. The molecular weight excluding hydrogens is 292 g/mol. The van der Waals surface area contributed by atoms with Crippen LogP contribution >= 0.6 is 10.7 Å². The fourth-order valence-electron chi connectivity index (χ4n) is 1.93. The van der Waals surface area contributed by atoms with Crippen molar-refractivity contribution >= 4 is 25.7 Å². The molecular formula is C12H13ClO5S. The summed E-state index contributed by atoms with van der Waals surface area (Å²) in [5.41, 5.74) is 0.644. The largest absolute Gasteiger partial charge is 0.492 e. The molecule has 0 aromatic heterocycles. The van der Waals surface area contributed by atoms with E-state index in [-0.39, 0.29) is 17.5 Å². The first-order valence-corrected chi connectivity index (χ1v) is 8.09. The SMILES string of the molecule is CCOC(=O)C1COc2ccc(S(=O)(=O)Cl)cc2C1. The highest BCUT2D eigenvalue weighted by molar-refractivity contribution is 8.13. The third-order valence-corrected chi connectivity index (χ3v) is 4.19. The smallest absolute Gasteiger partial charge is 0.312 e. The molecule has 1 heterocycles. The first-order chi connectivity index (χ1) is 8.91. The summed E-state index contributed by atoms with van der Waals surface area (Å²) < 4.78 is 32.9. The van der Waals surface area contributed by atoms with Gasteiger partial charge in [-0.15, -0.1) is 0 Å². The molecule has 1 aromatic rings. The van der Waals surface area contributed by atoms with Crippen LogP contribution in [0.5, 0.6) is 5.75 Å². The molecule has 5 nitrogen and oxygen atoms in total. The highest BCUT2D eigenvalue weighted by atomic mass is 35.7. The van der Waals surface area contributed by atoms with Gasteiger partial charge >= 0.3 is 5.97 Å². The van der Waals surface area contributed by atoms with Crippen molar-refractivity contribution in [3.05, 3.63) is 23.8 Å². The molecule has 1 aromatic carbocycles. The zero-order valence-corrected chi connectivity index (χ0v) is 11.8. The van der Waals surface area contributed by atoms with E-state index in [0.717, 1.165) is 0 Å². The standard InChI is InChI=1S/C12H13ClO5S/c1-2-17-12(14)9-5-8-6-10(19(13,15)16)3-4-11(8)18-7-9/h3-4,6,9H,2,5,7H2,1H3. The van der Waals surface area contributed by atoms with Crippen molar-refractivity contribution in [1.82, 2.24) is 0 Å². The predicted octanol–water partition coefficient (Wildman–Crippen LogP) is 1.73. The molecule has 0 fully saturated rings. The van der Waals surface area contributed by atoms with Crippen molar-refractivity contribution in [2.24, 2.45) is 5.92 Å². The number of fused-ring (bicyclic) bond motifs is 1. The number of halogens is 1. The number of rotatable bonds is 3. The van der Waals surface area contributed by atoms with Gasteiger partial charge in [0.25, 0.3) is 9.05 Å². The minimum atomic E-state index is -3.78. The number of benzene rings is 1. The Labute approximate surface area is 115 Å². The Morgan fingerprint density at radius 2 is 2.26 bits per heavy atom. The molecule has 0 amide bonds. The molecule has 1 atom stereocenters. The van der Waals surface area contributed by atoms with Gasteiger partial charge in [-0.1, -0.05) is 0 Å². The summed E-state index contributed by atoms with van der Waals surface area (Å²) in [5, 5.41) is 0. The molecule has 1 unspecified atom stereocenters. The van der Waals surface area contributed by atoms with E-state index >= 15 is 0 Å². The number of carbonyl (C=O) groups excluding carboxylic acids is 1. The fraction of sp³-hybridized carbons (Fsp3) is 0.417. The average Bonchev–Trinajstić information content (AvgIpc) is 2.36. The van der Waals surface area contributed by atoms with Gasteiger partial charge in [-0.05, 0) is 37.1 Å². The summed E-state index contributed by atoms with van der Waals surface area (Å²) in [6.45, 7) is 2.27. The number of ether oxygens (including phenoxy) is 2. The lowest BCUT2D eigenvalue weighted by Gasteiger charge is -2.24. The number of carbonyl (C=O) groups is 1. The summed E-state index contributed by atoms with van der Waals surface area (Å²) in [6.07, 6.45) is 0.383. The molecule has 2 rings (SSSR count). The van der Waals surface area contributed by atoms with Gasteiger partial charge in [0.05, 0.1) is 17.4 Å². The molecule has 1 aliphatic heterocycles. The van der Waals surface area contributed by atoms with Crippen LogP contribution in [0.25, 0.3) is 0 Å². The van der Waals surface area contributed by atoms with Crippen molar-refractivity contribution in [3.8, 4) is 5.75 Å². The van der Waals surface area contributed by atoms with E-state index in [2.05, 4.69) is 0 Å². The zero-order chi connectivity index (χ0) is 14.0. The van der Waals surface area contributed by atoms with E-state index < -0.39 is 15.0 Å². The Balaban J connectivity index is 2.26. The van der Waals surface area contributed by atoms with E-state index in [4.69, 9.17) is 20.2 Å².